The first-order chi connectivity index (χ1) is 18.4. The van der Waals surface area contributed by atoms with Crippen molar-refractivity contribution in [3.8, 4) is 5.75 Å². The lowest BCUT2D eigenvalue weighted by Crippen LogP contribution is -2.65. The van der Waals surface area contributed by atoms with E-state index in [1.54, 1.807) is 14.1 Å². The molecule has 0 bridgehead atoms. The average molecular weight is 576 g/mol. The summed E-state index contributed by atoms with van der Waals surface area (Å²) in [5, 5.41) is 45.5. The quantitative estimate of drug-likeness (QED) is 0.320. The first-order valence-corrected chi connectivity index (χ1v) is 13.7. The number of phenols is 1. The Hall–Kier alpha value is -2.92. The topological polar surface area (TPSA) is 165 Å². The molecule has 0 spiro atoms. The summed E-state index contributed by atoms with van der Waals surface area (Å²) in [5.41, 5.74) is 2.12. The van der Waals surface area contributed by atoms with Gasteiger partial charge in [-0.25, -0.2) is 0 Å². The molecule has 10 nitrogen and oxygen atoms in total. The number of primary amides is 1. The molecular formula is C29H38ClN3O7. The molecule has 0 radical (unpaired) electrons. The van der Waals surface area contributed by atoms with Crippen molar-refractivity contribution in [2.24, 2.45) is 23.5 Å². The van der Waals surface area contributed by atoms with Gasteiger partial charge in [-0.3, -0.25) is 24.2 Å². The number of carbonyl (C=O) groups is 3. The molecule has 1 fully saturated rings. The van der Waals surface area contributed by atoms with Crippen LogP contribution in [0.15, 0.2) is 23.0 Å². The maximum absolute atomic E-state index is 13.9. The number of phenolic OH excluding ortho intramolecular Hbond substituents is 1. The lowest BCUT2D eigenvalue weighted by Gasteiger charge is -2.50. The van der Waals surface area contributed by atoms with E-state index in [1.807, 2.05) is 20.9 Å². The normalized spacial score (nSPS) is 26.9. The molecule has 1 aromatic carbocycles. The molecule has 40 heavy (non-hydrogen) atoms. The van der Waals surface area contributed by atoms with Crippen molar-refractivity contribution in [3.05, 3.63) is 44.7 Å². The van der Waals surface area contributed by atoms with E-state index in [0.29, 0.717) is 22.1 Å². The standard InChI is InChI=1S/C29H38ClN3O7/c1-12(2)11-33(7)28(3,4)15-10-17(34)19-14(21(15)30)8-13-9-16-22(32(5)6)24(36)20(27(31)39)26(38)29(16,40)25(37)18(13)23(19)35/h10,12-13,16,22,34-35,38,40H,8-9,11H2,1-7H3,(H2,31,39)/t13-,16-,22-,29-/m0/s1. The minimum Gasteiger partial charge on any atom is -0.508 e. The fraction of sp³-hybridized carbons (Fsp3) is 0.552. The number of benzene rings is 1. The van der Waals surface area contributed by atoms with E-state index in [0.717, 1.165) is 6.54 Å². The van der Waals surface area contributed by atoms with Crippen LogP contribution >= 0.6 is 11.6 Å². The fourth-order valence-electron chi connectivity index (χ4n) is 6.71. The van der Waals surface area contributed by atoms with Gasteiger partial charge in [-0.05, 0) is 76.9 Å². The SMILES string of the molecule is CC(C)CN(C)C(C)(C)c1cc(O)c2c(c1Cl)C[C@H]1C[C@H]3[C@H](N(C)C)C(=O)C(C(N)=O)=C(O)[C@@]3(O)C(=O)C1=C2O. The molecule has 0 heterocycles. The molecular weight excluding hydrogens is 538 g/mol. The maximum Gasteiger partial charge on any atom is 0.255 e. The van der Waals surface area contributed by atoms with Crippen molar-refractivity contribution in [3.63, 3.8) is 0 Å². The molecule has 3 aliphatic carbocycles. The van der Waals surface area contributed by atoms with Crippen LogP contribution in [0.3, 0.4) is 0 Å². The van der Waals surface area contributed by atoms with E-state index in [1.165, 1.54) is 11.0 Å². The Labute approximate surface area is 238 Å². The van der Waals surface area contributed by atoms with Gasteiger partial charge in [-0.2, -0.15) is 0 Å². The molecule has 0 unspecified atom stereocenters. The van der Waals surface area contributed by atoms with Crippen molar-refractivity contribution in [2.45, 2.75) is 57.7 Å². The number of Topliss-reactive ketones (excluding diaryl/α,β-unsaturated/α-hetero) is 2. The van der Waals surface area contributed by atoms with Gasteiger partial charge < -0.3 is 26.2 Å². The van der Waals surface area contributed by atoms with Crippen LogP contribution in [-0.2, 0) is 26.3 Å². The second-order valence-electron chi connectivity index (χ2n) is 12.4. The predicted octanol–water partition coefficient (Wildman–Crippen LogP) is 2.44. The van der Waals surface area contributed by atoms with Gasteiger partial charge in [0, 0.05) is 28.6 Å². The summed E-state index contributed by atoms with van der Waals surface area (Å²) in [6, 6.07) is 0.334. The van der Waals surface area contributed by atoms with Gasteiger partial charge in [0.05, 0.1) is 11.6 Å². The molecule has 0 saturated heterocycles. The zero-order chi connectivity index (χ0) is 30.2. The fourth-order valence-corrected chi connectivity index (χ4v) is 7.17. The minimum absolute atomic E-state index is 0.00370. The van der Waals surface area contributed by atoms with Gasteiger partial charge in [-0.15, -0.1) is 0 Å². The highest BCUT2D eigenvalue weighted by molar-refractivity contribution is 6.33. The minimum atomic E-state index is -2.68. The number of carbonyl (C=O) groups excluding carboxylic acids is 3. The Bertz CT molecular complexity index is 1380. The summed E-state index contributed by atoms with van der Waals surface area (Å²) < 4.78 is 0. The summed E-state index contributed by atoms with van der Waals surface area (Å²) in [7, 11) is 5.08. The molecule has 1 aromatic rings. The van der Waals surface area contributed by atoms with E-state index >= 15 is 0 Å². The van der Waals surface area contributed by atoms with Crippen molar-refractivity contribution >= 4 is 34.8 Å². The Balaban J connectivity index is 1.93. The third-order valence-corrected chi connectivity index (χ3v) is 9.34. The number of amides is 1. The second-order valence-corrected chi connectivity index (χ2v) is 12.8. The van der Waals surface area contributed by atoms with Gasteiger partial charge in [0.1, 0.15) is 22.8 Å². The zero-order valence-electron chi connectivity index (χ0n) is 23.9. The van der Waals surface area contributed by atoms with Crippen molar-refractivity contribution in [2.75, 3.05) is 27.7 Å². The number of likely N-dealkylation sites (N-methyl/N-ethyl adjacent to an activating group) is 1. The van der Waals surface area contributed by atoms with Crippen LogP contribution in [0.4, 0.5) is 0 Å². The molecule has 4 rings (SSSR count). The average Bonchev–Trinajstić information content (AvgIpc) is 2.82. The highest BCUT2D eigenvalue weighted by Crippen LogP contribution is 2.54. The Morgan fingerprint density at radius 3 is 2.33 bits per heavy atom. The van der Waals surface area contributed by atoms with E-state index in [2.05, 4.69) is 18.7 Å². The highest BCUT2D eigenvalue weighted by atomic mass is 35.5. The number of hydrogen-bond acceptors (Lipinski definition) is 9. The van der Waals surface area contributed by atoms with Crippen molar-refractivity contribution in [1.82, 2.24) is 9.80 Å². The van der Waals surface area contributed by atoms with Crippen LogP contribution in [0.2, 0.25) is 5.02 Å². The number of aliphatic hydroxyl groups excluding tert-OH is 2. The highest BCUT2D eigenvalue weighted by Gasteiger charge is 2.64. The van der Waals surface area contributed by atoms with Gasteiger partial charge in [0.2, 0.25) is 5.78 Å². The smallest absolute Gasteiger partial charge is 0.255 e. The molecule has 11 heteroatoms. The van der Waals surface area contributed by atoms with Gasteiger partial charge in [-0.1, -0.05) is 25.4 Å². The third-order valence-electron chi connectivity index (χ3n) is 8.91. The first-order valence-electron chi connectivity index (χ1n) is 13.3. The van der Waals surface area contributed by atoms with Crippen molar-refractivity contribution < 1.29 is 34.8 Å². The van der Waals surface area contributed by atoms with Crippen LogP contribution in [0.5, 0.6) is 5.75 Å². The number of aliphatic hydroxyl groups is 3. The number of nitrogens with zero attached hydrogens (tertiary/aromatic N) is 2. The van der Waals surface area contributed by atoms with Crippen LogP contribution in [0, 0.1) is 17.8 Å². The van der Waals surface area contributed by atoms with E-state index in [9.17, 15) is 34.8 Å². The molecule has 218 valence electrons. The van der Waals surface area contributed by atoms with Gasteiger partial charge in [0.25, 0.3) is 5.91 Å². The Kier molecular flexibility index (Phi) is 7.41. The monoisotopic (exact) mass is 575 g/mol. The van der Waals surface area contributed by atoms with Crippen LogP contribution in [0.25, 0.3) is 5.76 Å². The lowest BCUT2D eigenvalue weighted by molar-refractivity contribution is -0.153. The number of rotatable bonds is 6. The molecule has 6 N–H and O–H groups in total. The third kappa shape index (κ3) is 4.15. The van der Waals surface area contributed by atoms with E-state index < -0.39 is 63.6 Å². The number of nitrogens with two attached hydrogens (primary N) is 1. The first kappa shape index (κ1) is 30.0. The zero-order valence-corrected chi connectivity index (χ0v) is 24.6. The summed E-state index contributed by atoms with van der Waals surface area (Å²) >= 11 is 6.97. The van der Waals surface area contributed by atoms with Gasteiger partial charge in [0.15, 0.2) is 11.4 Å². The van der Waals surface area contributed by atoms with E-state index in [4.69, 9.17) is 17.3 Å². The Morgan fingerprint density at radius 2 is 1.80 bits per heavy atom. The summed E-state index contributed by atoms with van der Waals surface area (Å²) in [6.07, 6.45) is 0.141. The van der Waals surface area contributed by atoms with E-state index in [-0.39, 0.29) is 29.7 Å². The summed E-state index contributed by atoms with van der Waals surface area (Å²) in [6.45, 7) is 8.92. The lowest BCUT2D eigenvalue weighted by atomic mass is 9.57. The number of fused-ring (bicyclic) bond motifs is 3. The molecule has 1 saturated carbocycles. The molecule has 1 amide bonds. The van der Waals surface area contributed by atoms with Crippen LogP contribution in [0.1, 0.15) is 50.8 Å². The molecule has 4 atom stereocenters. The van der Waals surface area contributed by atoms with Crippen molar-refractivity contribution in [1.29, 1.82) is 0 Å². The molecule has 0 aliphatic heterocycles. The number of halogens is 1. The summed E-state index contributed by atoms with van der Waals surface area (Å²) in [5.74, 6) is -6.53. The maximum atomic E-state index is 13.9. The predicted molar refractivity (Wildman–Crippen MR) is 150 cm³/mol. The number of hydrogen-bond donors (Lipinski definition) is 5. The largest absolute Gasteiger partial charge is 0.508 e. The number of aromatic hydroxyl groups is 1. The van der Waals surface area contributed by atoms with Crippen LogP contribution in [-0.4, -0.2) is 87.0 Å². The molecule has 3 aliphatic rings. The Morgan fingerprint density at radius 1 is 1.20 bits per heavy atom. The number of ketones is 2. The molecule has 0 aromatic heterocycles. The van der Waals surface area contributed by atoms with Gasteiger partial charge >= 0.3 is 0 Å². The summed E-state index contributed by atoms with van der Waals surface area (Å²) in [4.78, 5) is 42.9. The second kappa shape index (κ2) is 9.87. The van der Waals surface area contributed by atoms with Crippen LogP contribution < -0.4 is 5.73 Å².